The van der Waals surface area contributed by atoms with E-state index >= 15 is 0 Å². The van der Waals surface area contributed by atoms with E-state index in [-0.39, 0.29) is 43.4 Å². The van der Waals surface area contributed by atoms with Crippen molar-refractivity contribution in [2.75, 3.05) is 9.80 Å². The lowest BCUT2D eigenvalue weighted by atomic mass is 10.1. The van der Waals surface area contributed by atoms with Gasteiger partial charge in [0.1, 0.15) is 0 Å². The standard InChI is InChI=1S/C28H16N2O6S/c31-25-17-9-1-2-10-18(17)26(32)29(25)21-13-5-7-15-23(21)37(35,36)24-16-8-6-14-22(24)30-27(33)19-11-3-4-12-20(19)28(30)34/h1-16H. The van der Waals surface area contributed by atoms with Crippen molar-refractivity contribution >= 4 is 44.8 Å². The number of hydrogen-bond donors (Lipinski definition) is 0. The zero-order valence-corrected chi connectivity index (χ0v) is 19.8. The normalized spacial score (nSPS) is 14.8. The number of benzene rings is 4. The van der Waals surface area contributed by atoms with Crippen LogP contribution in [-0.2, 0) is 9.84 Å². The van der Waals surface area contributed by atoms with Crippen LogP contribution in [0.4, 0.5) is 11.4 Å². The lowest BCUT2D eigenvalue weighted by Crippen LogP contribution is -2.32. The summed E-state index contributed by atoms with van der Waals surface area (Å²) in [6.07, 6.45) is 0. The summed E-state index contributed by atoms with van der Waals surface area (Å²) in [6.45, 7) is 0. The fourth-order valence-corrected chi connectivity index (χ4v) is 6.29. The summed E-state index contributed by atoms with van der Waals surface area (Å²) in [5, 5.41) is 0. The molecule has 4 aromatic carbocycles. The maximum Gasteiger partial charge on any atom is 0.266 e. The Morgan fingerprint density at radius 3 is 1.00 bits per heavy atom. The van der Waals surface area contributed by atoms with Gasteiger partial charge in [-0.3, -0.25) is 19.2 Å². The summed E-state index contributed by atoms with van der Waals surface area (Å²) < 4.78 is 28.1. The van der Waals surface area contributed by atoms with Crippen molar-refractivity contribution in [1.29, 1.82) is 0 Å². The minimum atomic E-state index is -4.44. The van der Waals surface area contributed by atoms with Crippen LogP contribution in [0.2, 0.25) is 0 Å². The molecular weight excluding hydrogens is 492 g/mol. The topological polar surface area (TPSA) is 109 Å². The number of nitrogens with zero attached hydrogens (tertiary/aromatic N) is 2. The molecule has 6 rings (SSSR count). The Hall–Kier alpha value is -4.89. The maximum atomic E-state index is 14.1. The van der Waals surface area contributed by atoms with Crippen LogP contribution in [0.3, 0.4) is 0 Å². The van der Waals surface area contributed by atoms with Gasteiger partial charge >= 0.3 is 0 Å². The van der Waals surface area contributed by atoms with E-state index in [1.165, 1.54) is 72.8 Å². The Labute approximate surface area is 211 Å². The molecule has 37 heavy (non-hydrogen) atoms. The van der Waals surface area contributed by atoms with Crippen molar-refractivity contribution in [3.8, 4) is 0 Å². The van der Waals surface area contributed by atoms with E-state index in [1.807, 2.05) is 0 Å². The van der Waals surface area contributed by atoms with Gasteiger partial charge in [-0.25, -0.2) is 18.2 Å². The fraction of sp³-hybridized carbons (Fsp3) is 0. The number of anilines is 2. The number of amides is 4. The van der Waals surface area contributed by atoms with Gasteiger partial charge in [0, 0.05) is 0 Å². The van der Waals surface area contributed by atoms with Crippen LogP contribution in [0.25, 0.3) is 0 Å². The molecule has 4 aromatic rings. The number of hydrogen-bond acceptors (Lipinski definition) is 6. The van der Waals surface area contributed by atoms with E-state index in [4.69, 9.17) is 0 Å². The smallest absolute Gasteiger partial charge is 0.266 e. The molecule has 0 saturated heterocycles. The van der Waals surface area contributed by atoms with E-state index in [9.17, 15) is 27.6 Å². The van der Waals surface area contributed by atoms with Gasteiger partial charge in [0.2, 0.25) is 9.84 Å². The molecule has 0 atom stereocenters. The van der Waals surface area contributed by atoms with Crippen molar-refractivity contribution in [2.24, 2.45) is 0 Å². The number of para-hydroxylation sites is 2. The summed E-state index contributed by atoms with van der Waals surface area (Å²) in [7, 11) is -4.44. The monoisotopic (exact) mass is 508 g/mol. The molecule has 180 valence electrons. The molecule has 0 spiro atoms. The van der Waals surface area contributed by atoms with Crippen LogP contribution in [0.15, 0.2) is 107 Å². The zero-order valence-electron chi connectivity index (χ0n) is 19.0. The van der Waals surface area contributed by atoms with Crippen molar-refractivity contribution in [1.82, 2.24) is 0 Å². The highest BCUT2D eigenvalue weighted by atomic mass is 32.2. The first kappa shape index (κ1) is 22.6. The Morgan fingerprint density at radius 2 is 0.676 bits per heavy atom. The predicted octanol–water partition coefficient (Wildman–Crippen LogP) is 4.12. The number of carbonyl (C=O) groups is 4. The van der Waals surface area contributed by atoms with E-state index < -0.39 is 33.5 Å². The van der Waals surface area contributed by atoms with Gasteiger partial charge in [0.25, 0.3) is 23.6 Å². The van der Waals surface area contributed by atoms with Crippen molar-refractivity contribution in [3.05, 3.63) is 119 Å². The SMILES string of the molecule is O=C1c2ccccc2C(=O)N1c1ccccc1S(=O)(=O)c1ccccc1N1C(=O)c2ccccc2C1=O. The van der Waals surface area contributed by atoms with Crippen LogP contribution in [0.5, 0.6) is 0 Å². The quantitative estimate of drug-likeness (QED) is 0.384. The van der Waals surface area contributed by atoms with Gasteiger partial charge < -0.3 is 0 Å². The number of rotatable bonds is 4. The predicted molar refractivity (Wildman–Crippen MR) is 133 cm³/mol. The fourth-order valence-electron chi connectivity index (χ4n) is 4.67. The average Bonchev–Trinajstić information content (AvgIpc) is 3.33. The number of imide groups is 2. The van der Waals surface area contributed by atoms with E-state index in [0.717, 1.165) is 9.80 Å². The first-order valence-electron chi connectivity index (χ1n) is 11.2. The molecule has 0 bridgehead atoms. The number of sulfone groups is 1. The average molecular weight is 509 g/mol. The minimum absolute atomic E-state index is 0.120. The van der Waals surface area contributed by atoms with E-state index in [2.05, 4.69) is 0 Å². The molecule has 9 heteroatoms. The Bertz CT molecular complexity index is 1600. The molecular formula is C28H16N2O6S. The van der Waals surface area contributed by atoms with Crippen LogP contribution in [0.1, 0.15) is 41.4 Å². The molecule has 0 unspecified atom stereocenters. The maximum absolute atomic E-state index is 14.1. The van der Waals surface area contributed by atoms with Gasteiger partial charge in [-0.2, -0.15) is 0 Å². The molecule has 8 nitrogen and oxygen atoms in total. The zero-order chi connectivity index (χ0) is 25.9. The number of fused-ring (bicyclic) bond motifs is 2. The van der Waals surface area contributed by atoms with Crippen molar-refractivity contribution < 1.29 is 27.6 Å². The largest absolute Gasteiger partial charge is 0.268 e. The molecule has 0 aliphatic carbocycles. The molecule has 0 N–H and O–H groups in total. The Morgan fingerprint density at radius 1 is 0.405 bits per heavy atom. The molecule has 2 aliphatic rings. The second-order valence-electron chi connectivity index (χ2n) is 8.42. The molecule has 2 aliphatic heterocycles. The van der Waals surface area contributed by atoms with Gasteiger partial charge in [-0.1, -0.05) is 48.5 Å². The van der Waals surface area contributed by atoms with E-state index in [0.29, 0.717) is 0 Å². The third kappa shape index (κ3) is 3.18. The molecule has 0 aromatic heterocycles. The van der Waals surface area contributed by atoms with E-state index in [1.54, 1.807) is 24.3 Å². The van der Waals surface area contributed by atoms with Gasteiger partial charge in [-0.15, -0.1) is 0 Å². The first-order chi connectivity index (χ1) is 17.8. The van der Waals surface area contributed by atoms with Crippen molar-refractivity contribution in [3.63, 3.8) is 0 Å². The summed E-state index contributed by atoms with van der Waals surface area (Å²) in [4.78, 5) is 53.5. The summed E-state index contributed by atoms with van der Waals surface area (Å²) in [5.41, 5.74) is 0.450. The van der Waals surface area contributed by atoms with Crippen LogP contribution >= 0.6 is 0 Å². The first-order valence-corrected chi connectivity index (χ1v) is 12.7. The third-order valence-corrected chi connectivity index (χ3v) is 8.23. The molecule has 0 saturated carbocycles. The molecule has 4 amide bonds. The van der Waals surface area contributed by atoms with Gasteiger partial charge in [0.05, 0.1) is 43.4 Å². The lowest BCUT2D eigenvalue weighted by molar-refractivity contribution is 0.0909. The van der Waals surface area contributed by atoms with Crippen LogP contribution < -0.4 is 9.80 Å². The number of carbonyl (C=O) groups excluding carboxylic acids is 4. The van der Waals surface area contributed by atoms with Crippen LogP contribution in [0, 0.1) is 0 Å². The second-order valence-corrected chi connectivity index (χ2v) is 10.3. The van der Waals surface area contributed by atoms with Crippen LogP contribution in [-0.4, -0.2) is 32.0 Å². The molecule has 2 heterocycles. The summed E-state index contributed by atoms with van der Waals surface area (Å²) >= 11 is 0. The Balaban J connectivity index is 1.49. The highest BCUT2D eigenvalue weighted by Crippen LogP contribution is 2.39. The third-order valence-electron chi connectivity index (χ3n) is 6.38. The Kier molecular flexibility index (Phi) is 4.92. The second kappa shape index (κ2) is 8.07. The van der Waals surface area contributed by atoms with Gasteiger partial charge in [0.15, 0.2) is 0 Å². The van der Waals surface area contributed by atoms with Gasteiger partial charge in [-0.05, 0) is 48.5 Å². The summed E-state index contributed by atoms with van der Waals surface area (Å²) in [6, 6.07) is 23.8. The summed E-state index contributed by atoms with van der Waals surface area (Å²) in [5.74, 6) is -2.57. The molecule has 0 radical (unpaired) electrons. The lowest BCUT2D eigenvalue weighted by Gasteiger charge is -2.21. The van der Waals surface area contributed by atoms with Crippen molar-refractivity contribution in [2.45, 2.75) is 9.79 Å². The molecule has 0 fully saturated rings. The minimum Gasteiger partial charge on any atom is -0.268 e. The highest BCUT2D eigenvalue weighted by Gasteiger charge is 2.42. The highest BCUT2D eigenvalue weighted by molar-refractivity contribution is 7.91.